The van der Waals surface area contributed by atoms with Crippen LogP contribution in [0.4, 0.5) is 0 Å². The van der Waals surface area contributed by atoms with Crippen molar-refractivity contribution >= 4 is 5.97 Å². The highest BCUT2D eigenvalue weighted by Crippen LogP contribution is 2.67. The lowest BCUT2D eigenvalue weighted by molar-refractivity contribution is -0.159. The van der Waals surface area contributed by atoms with Gasteiger partial charge in [-0.15, -0.1) is 0 Å². The number of aliphatic carboxylic acids is 1. The van der Waals surface area contributed by atoms with E-state index in [2.05, 4.69) is 12.1 Å². The second-order valence-electron chi connectivity index (χ2n) is 5.50. The molecular weight excluding hydrogens is 214 g/mol. The summed E-state index contributed by atoms with van der Waals surface area (Å²) in [6.45, 7) is 0. The van der Waals surface area contributed by atoms with E-state index in [0.29, 0.717) is 12.8 Å². The summed E-state index contributed by atoms with van der Waals surface area (Å²) in [6, 6.07) is 10.1. The molecule has 3 nitrogen and oxygen atoms in total. The molecule has 0 atom stereocenters. The summed E-state index contributed by atoms with van der Waals surface area (Å²) in [5, 5.41) is 9.58. The van der Waals surface area contributed by atoms with Gasteiger partial charge in [0.25, 0.3) is 0 Å². The van der Waals surface area contributed by atoms with Gasteiger partial charge in [-0.2, -0.15) is 0 Å². The van der Waals surface area contributed by atoms with Gasteiger partial charge >= 0.3 is 5.97 Å². The average molecular weight is 231 g/mol. The molecule has 0 aliphatic heterocycles. The fraction of sp³-hybridized carbons (Fsp3) is 0.500. The zero-order valence-corrected chi connectivity index (χ0v) is 9.73. The summed E-state index contributed by atoms with van der Waals surface area (Å²) in [4.78, 5) is 11.7. The van der Waals surface area contributed by atoms with Crippen LogP contribution in [0.25, 0.3) is 0 Å². The molecule has 2 saturated carbocycles. The van der Waals surface area contributed by atoms with E-state index in [1.807, 2.05) is 18.2 Å². The van der Waals surface area contributed by atoms with E-state index in [-0.39, 0.29) is 11.5 Å². The van der Waals surface area contributed by atoms with Gasteiger partial charge in [-0.25, -0.2) is 0 Å². The van der Waals surface area contributed by atoms with E-state index in [9.17, 15) is 9.90 Å². The molecule has 2 aliphatic carbocycles. The highest BCUT2D eigenvalue weighted by molar-refractivity contribution is 5.80. The fourth-order valence-corrected chi connectivity index (χ4v) is 3.53. The van der Waals surface area contributed by atoms with Crippen LogP contribution in [0.3, 0.4) is 0 Å². The number of rotatable bonds is 3. The van der Waals surface area contributed by atoms with Gasteiger partial charge in [0, 0.05) is 11.5 Å². The van der Waals surface area contributed by atoms with Crippen LogP contribution in [0.2, 0.25) is 0 Å². The molecule has 0 heterocycles. The number of carboxylic acids is 1. The number of carboxylic acid groups (broad SMARTS) is 1. The summed E-state index contributed by atoms with van der Waals surface area (Å²) >= 11 is 0. The zero-order chi connectivity index (χ0) is 12.1. The van der Waals surface area contributed by atoms with Gasteiger partial charge in [0.15, 0.2) is 0 Å². The number of benzene rings is 1. The van der Waals surface area contributed by atoms with Crippen molar-refractivity contribution in [3.63, 3.8) is 0 Å². The molecule has 2 aliphatic rings. The van der Waals surface area contributed by atoms with Crippen molar-refractivity contribution < 1.29 is 9.90 Å². The Morgan fingerprint density at radius 3 is 2.24 bits per heavy atom. The Hall–Kier alpha value is -1.35. The highest BCUT2D eigenvalue weighted by Gasteiger charge is 2.68. The van der Waals surface area contributed by atoms with E-state index >= 15 is 0 Å². The summed E-state index contributed by atoms with van der Waals surface area (Å²) in [5.41, 5.74) is 6.26. The molecule has 0 unspecified atom stereocenters. The molecule has 3 rings (SSSR count). The number of hydrogen-bond acceptors (Lipinski definition) is 2. The predicted octanol–water partition coefficient (Wildman–Crippen LogP) is 1.91. The third-order valence-electron chi connectivity index (χ3n) is 4.62. The molecule has 1 aromatic carbocycles. The Kier molecular flexibility index (Phi) is 2.11. The number of hydrogen-bond donors (Lipinski definition) is 2. The molecule has 0 amide bonds. The van der Waals surface area contributed by atoms with Crippen LogP contribution in [0.15, 0.2) is 30.3 Å². The minimum absolute atomic E-state index is 0.0623. The molecule has 0 aromatic heterocycles. The Balaban J connectivity index is 2.01. The van der Waals surface area contributed by atoms with Crippen LogP contribution < -0.4 is 5.73 Å². The highest BCUT2D eigenvalue weighted by atomic mass is 16.4. The molecule has 3 N–H and O–H groups in total. The third-order valence-corrected chi connectivity index (χ3v) is 4.62. The molecular formula is C14H17NO2. The number of nitrogens with two attached hydrogens (primary N) is 1. The summed E-state index contributed by atoms with van der Waals surface area (Å²) < 4.78 is 0. The summed E-state index contributed by atoms with van der Waals surface area (Å²) in [6.07, 6.45) is 3.21. The minimum atomic E-state index is -0.666. The van der Waals surface area contributed by atoms with Crippen LogP contribution in [0, 0.1) is 5.41 Å². The number of carbonyl (C=O) groups is 1. The first-order valence-corrected chi connectivity index (χ1v) is 6.15. The zero-order valence-electron chi connectivity index (χ0n) is 9.73. The third kappa shape index (κ3) is 1.29. The van der Waals surface area contributed by atoms with Crippen molar-refractivity contribution in [2.45, 2.75) is 37.1 Å². The molecule has 90 valence electrons. The van der Waals surface area contributed by atoms with Crippen molar-refractivity contribution in [2.75, 3.05) is 0 Å². The van der Waals surface area contributed by atoms with Crippen LogP contribution >= 0.6 is 0 Å². The first-order chi connectivity index (χ1) is 8.11. The van der Waals surface area contributed by atoms with Crippen LogP contribution in [0.5, 0.6) is 0 Å². The van der Waals surface area contributed by atoms with Crippen molar-refractivity contribution in [3.05, 3.63) is 35.9 Å². The van der Waals surface area contributed by atoms with Crippen molar-refractivity contribution in [2.24, 2.45) is 11.1 Å². The van der Waals surface area contributed by atoms with Gasteiger partial charge in [-0.1, -0.05) is 30.3 Å². The maximum atomic E-state index is 11.7. The van der Waals surface area contributed by atoms with Crippen LogP contribution in [0.1, 0.15) is 31.2 Å². The van der Waals surface area contributed by atoms with Crippen LogP contribution in [-0.2, 0) is 10.2 Å². The molecule has 17 heavy (non-hydrogen) atoms. The van der Waals surface area contributed by atoms with E-state index in [0.717, 1.165) is 12.8 Å². The minimum Gasteiger partial charge on any atom is -0.481 e. The standard InChI is InChI=1S/C14H17NO2/c15-11-8-14(9-11,12(16)17)13(6-7-13)10-4-2-1-3-5-10/h1-5,11H,6-9,15H2,(H,16,17). The van der Waals surface area contributed by atoms with E-state index < -0.39 is 11.4 Å². The normalized spacial score (nSPS) is 33.8. The van der Waals surface area contributed by atoms with Gasteiger partial charge in [-0.05, 0) is 31.2 Å². The Morgan fingerprint density at radius 1 is 1.24 bits per heavy atom. The van der Waals surface area contributed by atoms with Crippen molar-refractivity contribution in [1.82, 2.24) is 0 Å². The van der Waals surface area contributed by atoms with Crippen LogP contribution in [-0.4, -0.2) is 17.1 Å². The summed E-state index contributed by atoms with van der Waals surface area (Å²) in [5.74, 6) is -0.666. The first kappa shape index (κ1) is 10.8. The van der Waals surface area contributed by atoms with E-state index in [4.69, 9.17) is 5.73 Å². The van der Waals surface area contributed by atoms with Crippen molar-refractivity contribution in [1.29, 1.82) is 0 Å². The molecule has 0 saturated heterocycles. The van der Waals surface area contributed by atoms with Gasteiger partial charge in [0.1, 0.15) is 0 Å². The fourth-order valence-electron chi connectivity index (χ4n) is 3.53. The van der Waals surface area contributed by atoms with Gasteiger partial charge in [0.05, 0.1) is 5.41 Å². The quantitative estimate of drug-likeness (QED) is 0.835. The summed E-state index contributed by atoms with van der Waals surface area (Å²) in [7, 11) is 0. The molecule has 0 spiro atoms. The molecule has 0 radical (unpaired) electrons. The van der Waals surface area contributed by atoms with E-state index in [1.165, 1.54) is 5.56 Å². The lowest BCUT2D eigenvalue weighted by Gasteiger charge is -2.48. The second-order valence-corrected chi connectivity index (χ2v) is 5.50. The molecule has 1 aromatic rings. The SMILES string of the molecule is NC1CC(C(=O)O)(C2(c3ccccc3)CC2)C1. The average Bonchev–Trinajstić information content (AvgIpc) is 3.07. The van der Waals surface area contributed by atoms with E-state index in [1.54, 1.807) is 0 Å². The maximum Gasteiger partial charge on any atom is 0.310 e. The molecule has 3 heteroatoms. The lowest BCUT2D eigenvalue weighted by Crippen LogP contribution is -2.57. The Labute approximate surface area is 101 Å². The predicted molar refractivity (Wildman–Crippen MR) is 64.6 cm³/mol. The van der Waals surface area contributed by atoms with Gasteiger partial charge in [0.2, 0.25) is 0 Å². The Bertz CT molecular complexity index is 445. The molecule has 0 bridgehead atoms. The monoisotopic (exact) mass is 231 g/mol. The smallest absolute Gasteiger partial charge is 0.310 e. The topological polar surface area (TPSA) is 63.3 Å². The van der Waals surface area contributed by atoms with Crippen molar-refractivity contribution in [3.8, 4) is 0 Å². The van der Waals surface area contributed by atoms with Gasteiger partial charge < -0.3 is 10.8 Å². The second kappa shape index (κ2) is 3.33. The molecule has 2 fully saturated rings. The first-order valence-electron chi connectivity index (χ1n) is 6.15. The lowest BCUT2D eigenvalue weighted by atomic mass is 9.55. The largest absolute Gasteiger partial charge is 0.481 e. The Morgan fingerprint density at radius 2 is 1.82 bits per heavy atom. The van der Waals surface area contributed by atoms with Gasteiger partial charge in [-0.3, -0.25) is 4.79 Å². The maximum absolute atomic E-state index is 11.7.